The molecule has 0 spiro atoms. The average molecular weight is 707 g/mol. The lowest BCUT2D eigenvalue weighted by Gasteiger charge is -2.29. The van der Waals surface area contributed by atoms with Crippen LogP contribution in [0, 0.1) is 0 Å². The fraction of sp³-hybridized carbons (Fsp3) is 0.0196. The SMILES string of the molecule is C1=CCC=c2c(n(-c3ccc4ccccc4c3-c3ccccc3N(c3ccc4ccccc4c3)c3cccc4c3sc3ccccc34)c3ccccc23)=C1. The molecule has 1 aliphatic carbocycles. The van der Waals surface area contributed by atoms with Crippen molar-refractivity contribution in [2.24, 2.45) is 0 Å². The Bertz CT molecular complexity index is 3270. The summed E-state index contributed by atoms with van der Waals surface area (Å²) in [7, 11) is 0. The summed E-state index contributed by atoms with van der Waals surface area (Å²) in [6.45, 7) is 0. The lowest BCUT2D eigenvalue weighted by molar-refractivity contribution is 1.07. The molecule has 0 N–H and O–H groups in total. The molecule has 0 aliphatic heterocycles. The summed E-state index contributed by atoms with van der Waals surface area (Å²) in [5.41, 5.74) is 8.19. The van der Waals surface area contributed by atoms with Crippen molar-refractivity contribution in [1.82, 2.24) is 4.57 Å². The van der Waals surface area contributed by atoms with Crippen LogP contribution in [0.1, 0.15) is 6.42 Å². The quantitative estimate of drug-likeness (QED) is 0.173. The highest BCUT2D eigenvalue weighted by Crippen LogP contribution is 2.49. The van der Waals surface area contributed by atoms with Crippen LogP contribution in [0.5, 0.6) is 0 Å². The lowest BCUT2D eigenvalue weighted by Crippen LogP contribution is -2.28. The van der Waals surface area contributed by atoms with E-state index in [0.717, 1.165) is 23.5 Å². The second-order valence-electron chi connectivity index (χ2n) is 14.0. The third kappa shape index (κ3) is 4.79. The van der Waals surface area contributed by atoms with Crippen LogP contribution in [0.2, 0.25) is 0 Å². The molecule has 0 amide bonds. The zero-order valence-corrected chi connectivity index (χ0v) is 30.3. The fourth-order valence-electron chi connectivity index (χ4n) is 8.59. The first-order valence-electron chi connectivity index (χ1n) is 18.6. The highest BCUT2D eigenvalue weighted by atomic mass is 32.1. The van der Waals surface area contributed by atoms with E-state index in [2.05, 4.69) is 204 Å². The second kappa shape index (κ2) is 12.5. The van der Waals surface area contributed by atoms with E-state index in [1.807, 2.05) is 11.3 Å². The number of hydrogen-bond donors (Lipinski definition) is 0. The molecule has 0 bridgehead atoms. The van der Waals surface area contributed by atoms with Crippen molar-refractivity contribution in [1.29, 1.82) is 0 Å². The van der Waals surface area contributed by atoms with Gasteiger partial charge in [0.25, 0.3) is 0 Å². The molecule has 0 saturated heterocycles. The van der Waals surface area contributed by atoms with Gasteiger partial charge in [-0.15, -0.1) is 11.3 Å². The standard InChI is InChI=1S/C51H34N2S/c1-2-19-39-40-20-8-11-25-45(40)53(44(39)24-3-1)47-32-30-35-16-6-7-18-38(35)50(47)43-22-9-12-26-46(43)52(37-31-29-34-15-4-5-17-36(34)33-37)48-27-14-23-42-41-21-10-13-28-49(41)54-51(42)48/h1,3-33H,2H2. The third-order valence-electron chi connectivity index (χ3n) is 11.0. The van der Waals surface area contributed by atoms with Crippen LogP contribution in [0.4, 0.5) is 17.1 Å². The minimum absolute atomic E-state index is 0.912. The van der Waals surface area contributed by atoms with Gasteiger partial charge in [0.2, 0.25) is 0 Å². The molecule has 1 aliphatic rings. The number of fused-ring (bicyclic) bond motifs is 8. The summed E-state index contributed by atoms with van der Waals surface area (Å²) in [5.74, 6) is 0. The molecule has 0 atom stereocenters. The van der Waals surface area contributed by atoms with Gasteiger partial charge >= 0.3 is 0 Å². The Morgan fingerprint density at radius 2 is 1.24 bits per heavy atom. The van der Waals surface area contributed by atoms with Crippen LogP contribution >= 0.6 is 11.3 Å². The van der Waals surface area contributed by atoms with Crippen LogP contribution in [0.15, 0.2) is 182 Å². The van der Waals surface area contributed by atoms with Crippen molar-refractivity contribution < 1.29 is 0 Å². The first-order valence-corrected chi connectivity index (χ1v) is 19.4. The zero-order chi connectivity index (χ0) is 35.6. The van der Waals surface area contributed by atoms with Crippen LogP contribution in [-0.2, 0) is 0 Å². The number of para-hydroxylation sites is 2. The molecule has 10 aromatic rings. The van der Waals surface area contributed by atoms with Gasteiger partial charge in [-0.25, -0.2) is 0 Å². The van der Waals surface area contributed by atoms with Crippen molar-refractivity contribution in [3.63, 3.8) is 0 Å². The Morgan fingerprint density at radius 1 is 0.537 bits per heavy atom. The largest absolute Gasteiger partial charge is 0.309 e. The summed E-state index contributed by atoms with van der Waals surface area (Å²) in [4.78, 5) is 2.50. The molecule has 3 heteroatoms. The molecule has 0 radical (unpaired) electrons. The molecular weight excluding hydrogens is 673 g/mol. The molecule has 0 unspecified atom stereocenters. The van der Waals surface area contributed by atoms with Crippen LogP contribution < -0.4 is 15.5 Å². The summed E-state index contributed by atoms with van der Waals surface area (Å²) >= 11 is 1.87. The third-order valence-corrected chi connectivity index (χ3v) is 12.2. The Labute approximate surface area is 317 Å². The number of anilines is 3. The van der Waals surface area contributed by atoms with Crippen molar-refractivity contribution in [3.05, 3.63) is 193 Å². The Hall–Kier alpha value is -6.68. The predicted molar refractivity (Wildman–Crippen MR) is 233 cm³/mol. The van der Waals surface area contributed by atoms with Gasteiger partial charge in [0.15, 0.2) is 0 Å². The van der Waals surface area contributed by atoms with Crippen LogP contribution in [-0.4, -0.2) is 4.57 Å². The van der Waals surface area contributed by atoms with E-state index in [4.69, 9.17) is 0 Å². The number of thiophene rings is 1. The monoisotopic (exact) mass is 706 g/mol. The van der Waals surface area contributed by atoms with Crippen molar-refractivity contribution in [2.75, 3.05) is 4.90 Å². The first kappa shape index (κ1) is 30.9. The Kier molecular flexibility index (Phi) is 7.14. The number of benzene rings is 8. The molecule has 2 heterocycles. The first-order chi connectivity index (χ1) is 26.8. The molecule has 0 fully saturated rings. The maximum atomic E-state index is 2.50. The van der Waals surface area contributed by atoms with Crippen molar-refractivity contribution in [3.8, 4) is 16.8 Å². The highest BCUT2D eigenvalue weighted by Gasteiger charge is 2.24. The molecular formula is C51H34N2S. The van der Waals surface area contributed by atoms with Crippen molar-refractivity contribution in [2.45, 2.75) is 6.42 Å². The fourth-order valence-corrected chi connectivity index (χ4v) is 9.79. The number of aromatic nitrogens is 1. The molecule has 54 heavy (non-hydrogen) atoms. The highest BCUT2D eigenvalue weighted by molar-refractivity contribution is 7.26. The van der Waals surface area contributed by atoms with E-state index in [0.29, 0.717) is 0 Å². The van der Waals surface area contributed by atoms with E-state index in [9.17, 15) is 0 Å². The smallest absolute Gasteiger partial charge is 0.0640 e. The number of hydrogen-bond acceptors (Lipinski definition) is 2. The molecule has 11 rings (SSSR count). The molecule has 2 aromatic heterocycles. The van der Waals surface area contributed by atoms with E-state index in [1.165, 1.54) is 80.0 Å². The summed E-state index contributed by atoms with van der Waals surface area (Å²) in [6.07, 6.45) is 10.0. The normalized spacial score (nSPS) is 12.6. The van der Waals surface area contributed by atoms with Crippen LogP contribution in [0.3, 0.4) is 0 Å². The van der Waals surface area contributed by atoms with Crippen LogP contribution in [0.25, 0.3) is 81.6 Å². The lowest BCUT2D eigenvalue weighted by atomic mass is 9.93. The Balaban J connectivity index is 1.26. The topological polar surface area (TPSA) is 8.17 Å². The molecule has 254 valence electrons. The van der Waals surface area contributed by atoms with E-state index >= 15 is 0 Å². The predicted octanol–water partition coefficient (Wildman–Crippen LogP) is 13.0. The molecule has 8 aromatic carbocycles. The van der Waals surface area contributed by atoms with E-state index in [1.54, 1.807) is 0 Å². The van der Waals surface area contributed by atoms with Gasteiger partial charge in [0, 0.05) is 42.9 Å². The van der Waals surface area contributed by atoms with E-state index < -0.39 is 0 Å². The number of rotatable bonds is 5. The second-order valence-corrected chi connectivity index (χ2v) is 15.1. The maximum absolute atomic E-state index is 2.50. The van der Waals surface area contributed by atoms with Gasteiger partial charge in [0.1, 0.15) is 0 Å². The van der Waals surface area contributed by atoms with Gasteiger partial charge in [-0.05, 0) is 76.5 Å². The Morgan fingerprint density at radius 3 is 2.17 bits per heavy atom. The maximum Gasteiger partial charge on any atom is 0.0640 e. The van der Waals surface area contributed by atoms with Gasteiger partial charge in [-0.1, -0.05) is 146 Å². The average Bonchev–Trinajstić information content (AvgIpc) is 3.65. The summed E-state index contributed by atoms with van der Waals surface area (Å²) in [5, 5.41) is 11.2. The number of nitrogens with zero attached hydrogens (tertiary/aromatic N) is 2. The molecule has 2 nitrogen and oxygen atoms in total. The van der Waals surface area contributed by atoms with Gasteiger partial charge < -0.3 is 9.47 Å². The number of allylic oxidation sites excluding steroid dienone is 2. The summed E-state index contributed by atoms with van der Waals surface area (Å²) < 4.78 is 5.06. The minimum Gasteiger partial charge on any atom is -0.309 e. The van der Waals surface area contributed by atoms with E-state index in [-0.39, 0.29) is 0 Å². The van der Waals surface area contributed by atoms with Crippen molar-refractivity contribution >= 4 is 93.2 Å². The molecule has 0 saturated carbocycles. The van der Waals surface area contributed by atoms with Gasteiger partial charge in [-0.2, -0.15) is 0 Å². The minimum atomic E-state index is 0.912. The van der Waals surface area contributed by atoms with Gasteiger partial charge in [-0.3, -0.25) is 0 Å². The zero-order valence-electron chi connectivity index (χ0n) is 29.5. The summed E-state index contributed by atoms with van der Waals surface area (Å²) in [6, 6.07) is 62.5. The van der Waals surface area contributed by atoms with Gasteiger partial charge in [0.05, 0.1) is 32.6 Å².